The van der Waals surface area contributed by atoms with E-state index in [-0.39, 0.29) is 85.2 Å². The van der Waals surface area contributed by atoms with Crippen LogP contribution in [-0.4, -0.2) is 147 Å². The summed E-state index contributed by atoms with van der Waals surface area (Å²) >= 11 is 1.11. The van der Waals surface area contributed by atoms with Gasteiger partial charge in [0.15, 0.2) is 6.10 Å². The largest absolute Gasteiger partial charge is 0.481 e. The maximum atomic E-state index is 14.4. The van der Waals surface area contributed by atoms with Gasteiger partial charge in [0.05, 0.1) is 11.5 Å². The Morgan fingerprint density at radius 2 is 1.50 bits per heavy atom. The van der Waals surface area contributed by atoms with Crippen molar-refractivity contribution >= 4 is 76.2 Å². The van der Waals surface area contributed by atoms with Gasteiger partial charge < -0.3 is 41.3 Å². The van der Waals surface area contributed by atoms with Crippen LogP contribution in [-0.2, 0) is 54.3 Å². The number of thiazole rings is 1. The molecule has 0 radical (unpaired) electrons. The van der Waals surface area contributed by atoms with Gasteiger partial charge in [0.1, 0.15) is 28.8 Å². The van der Waals surface area contributed by atoms with Crippen molar-refractivity contribution in [1.29, 1.82) is 0 Å². The topological polar surface area (TPSA) is 283 Å². The molecule has 0 bridgehead atoms. The van der Waals surface area contributed by atoms with Crippen molar-refractivity contribution in [3.8, 4) is 0 Å². The van der Waals surface area contributed by atoms with Crippen molar-refractivity contribution in [3.63, 3.8) is 0 Å². The first-order valence-corrected chi connectivity index (χ1v) is 28.0. The second-order valence-corrected chi connectivity index (χ2v) is 22.7. The van der Waals surface area contributed by atoms with Gasteiger partial charge in [-0.3, -0.25) is 57.7 Å². The van der Waals surface area contributed by atoms with Crippen molar-refractivity contribution < 1.29 is 57.8 Å². The minimum atomic E-state index is -1.05. The number of carbonyl (C=O) groups excluding carboxylic acids is 9. The number of imide groups is 1. The second-order valence-electron chi connectivity index (χ2n) is 21.8. The van der Waals surface area contributed by atoms with Crippen molar-refractivity contribution in [3.05, 3.63) is 58.1 Å². The van der Waals surface area contributed by atoms with Crippen LogP contribution in [0, 0.1) is 23.7 Å². The van der Waals surface area contributed by atoms with Gasteiger partial charge in [-0.15, -0.1) is 11.3 Å². The standard InChI is InChI=1S/C56H83N9O12S/c1-13-34(6)48(62-55(76)56(10)25-17-26-63(56)11)53(73)64(12)42(32(2)3)30-43(77-37(9)66)52-60-41(31-78-52)50(71)59-40(28-35(7)54(74)75)29-38-19-21-39(22-20-38)58-49(70)36(8)57-51(72)47(33(4)5)61-44(67)18-15-14-16-27-65-45(68)23-24-46(65)69/h19-24,31-36,40,42-43,47-48H,13-18,25-30H2,1-12H3,(H,57,72)(H,58,70)(H,59,71)(H,61,67)(H,62,76)(H,74,75)/t34?,35-,36-,40+,42+,43+,47-,48-,56+/m0/s1. The predicted molar refractivity (Wildman–Crippen MR) is 294 cm³/mol. The Labute approximate surface area is 462 Å². The number of amides is 8. The molecule has 2 aromatic rings. The average Bonchev–Trinajstić information content (AvgIpc) is 4.13. The summed E-state index contributed by atoms with van der Waals surface area (Å²) in [6.45, 7) is 18.6. The maximum Gasteiger partial charge on any atom is 0.306 e. The number of unbranched alkanes of at least 4 members (excludes halogenated alkanes) is 2. The van der Waals surface area contributed by atoms with Gasteiger partial charge in [-0.05, 0) is 101 Å². The van der Waals surface area contributed by atoms with E-state index in [0.29, 0.717) is 48.4 Å². The lowest BCUT2D eigenvalue weighted by molar-refractivity contribution is -0.149. The number of carbonyl (C=O) groups is 10. The lowest BCUT2D eigenvalue weighted by Gasteiger charge is -2.38. The zero-order valence-electron chi connectivity index (χ0n) is 47.4. The highest BCUT2D eigenvalue weighted by Gasteiger charge is 2.44. The highest BCUT2D eigenvalue weighted by atomic mass is 32.1. The van der Waals surface area contributed by atoms with E-state index in [4.69, 9.17) is 4.74 Å². The minimum absolute atomic E-state index is 0.0229. The Bertz CT molecular complexity index is 2480. The Hall–Kier alpha value is -6.55. The third kappa shape index (κ3) is 18.0. The number of ether oxygens (including phenoxy) is 1. The molecule has 3 heterocycles. The molecular formula is C56H83N9O12S. The first-order valence-electron chi connectivity index (χ1n) is 27.1. The van der Waals surface area contributed by atoms with E-state index in [1.165, 1.54) is 38.3 Å². The quantitative estimate of drug-likeness (QED) is 0.0335. The highest BCUT2D eigenvalue weighted by molar-refractivity contribution is 7.09. The Balaban J connectivity index is 1.38. The molecule has 1 saturated heterocycles. The molecule has 1 aromatic heterocycles. The van der Waals surface area contributed by atoms with Crippen LogP contribution in [0.25, 0.3) is 0 Å². The third-order valence-electron chi connectivity index (χ3n) is 15.0. The number of hydrogen-bond donors (Lipinski definition) is 6. The van der Waals surface area contributed by atoms with E-state index in [9.17, 15) is 53.1 Å². The summed E-state index contributed by atoms with van der Waals surface area (Å²) in [5.74, 6) is -6.25. The summed E-state index contributed by atoms with van der Waals surface area (Å²) in [5.41, 5.74) is 0.404. The van der Waals surface area contributed by atoms with Gasteiger partial charge in [-0.1, -0.05) is 73.4 Å². The van der Waals surface area contributed by atoms with Crippen LogP contribution in [0.2, 0.25) is 0 Å². The number of esters is 1. The van der Waals surface area contributed by atoms with Gasteiger partial charge in [-0.25, -0.2) is 4.98 Å². The monoisotopic (exact) mass is 1110 g/mol. The van der Waals surface area contributed by atoms with Gasteiger partial charge in [0.25, 0.3) is 17.7 Å². The fourth-order valence-corrected chi connectivity index (χ4v) is 10.4. The number of hydrogen-bond acceptors (Lipinski definition) is 14. The summed E-state index contributed by atoms with van der Waals surface area (Å²) in [6, 6.07) is 2.87. The molecule has 430 valence electrons. The van der Waals surface area contributed by atoms with E-state index in [0.717, 1.165) is 29.2 Å². The van der Waals surface area contributed by atoms with Gasteiger partial charge in [0, 0.05) is 68.7 Å². The zero-order valence-corrected chi connectivity index (χ0v) is 48.3. The number of rotatable bonds is 30. The molecule has 0 spiro atoms. The summed E-state index contributed by atoms with van der Waals surface area (Å²) in [6.07, 6.45) is 5.87. The SMILES string of the molecule is CCC(C)[C@H](NC(=O)[C@@]1(C)CCCN1C)C(=O)N(C)[C@H](C[C@@H](OC(C)=O)c1nc(C(=O)N[C@@H](Cc2ccc(NC(=O)[C@H](C)NC(=O)[C@@H](NC(=O)CCCCCN3C(=O)C=CC3=O)C(C)C)cc2)C[C@H](C)C(=O)O)cs1)C(C)C. The fourth-order valence-electron chi connectivity index (χ4n) is 9.56. The van der Waals surface area contributed by atoms with Crippen molar-refractivity contribution in [1.82, 2.24) is 41.0 Å². The second kappa shape index (κ2) is 29.4. The predicted octanol–water partition coefficient (Wildman–Crippen LogP) is 5.16. The zero-order chi connectivity index (χ0) is 58.2. The molecule has 1 unspecified atom stereocenters. The average molecular weight is 1110 g/mol. The van der Waals surface area contributed by atoms with Crippen molar-refractivity contribution in [2.75, 3.05) is 32.5 Å². The van der Waals surface area contributed by atoms with Crippen LogP contribution < -0.4 is 26.6 Å². The number of nitrogens with zero attached hydrogens (tertiary/aromatic N) is 4. The van der Waals surface area contributed by atoms with Crippen LogP contribution in [0.1, 0.15) is 154 Å². The molecule has 1 aromatic carbocycles. The smallest absolute Gasteiger partial charge is 0.306 e. The number of aliphatic carboxylic acids is 1. The number of anilines is 1. The van der Waals surface area contributed by atoms with Crippen molar-refractivity contribution in [2.24, 2.45) is 23.7 Å². The maximum absolute atomic E-state index is 14.4. The molecule has 78 heavy (non-hydrogen) atoms. The number of benzene rings is 1. The van der Waals surface area contributed by atoms with Gasteiger partial charge in [-0.2, -0.15) is 0 Å². The summed E-state index contributed by atoms with van der Waals surface area (Å²) < 4.78 is 5.82. The van der Waals surface area contributed by atoms with Crippen LogP contribution in [0.4, 0.5) is 5.69 Å². The molecule has 2 aliphatic heterocycles. The molecule has 6 N–H and O–H groups in total. The number of likely N-dealkylation sites (tertiary alicyclic amines) is 1. The molecule has 1 fully saturated rings. The van der Waals surface area contributed by atoms with Gasteiger partial charge >= 0.3 is 11.9 Å². The van der Waals surface area contributed by atoms with Crippen molar-refractivity contribution in [2.45, 2.75) is 175 Å². The minimum Gasteiger partial charge on any atom is -0.481 e. The summed E-state index contributed by atoms with van der Waals surface area (Å²) in [5, 5.41) is 25.9. The number of aromatic nitrogens is 1. The van der Waals surface area contributed by atoms with Crippen LogP contribution >= 0.6 is 11.3 Å². The normalized spacial score (nSPS) is 18.6. The molecule has 22 heteroatoms. The molecule has 9 atom stereocenters. The highest BCUT2D eigenvalue weighted by Crippen LogP contribution is 2.32. The molecular weight excluding hydrogens is 1020 g/mol. The number of carboxylic acid groups (broad SMARTS) is 1. The summed E-state index contributed by atoms with van der Waals surface area (Å²) in [7, 11) is 3.59. The molecule has 0 aliphatic carbocycles. The molecule has 0 saturated carbocycles. The van der Waals surface area contributed by atoms with Crippen LogP contribution in [0.3, 0.4) is 0 Å². The van der Waals surface area contributed by atoms with E-state index >= 15 is 0 Å². The van der Waals surface area contributed by atoms with Crippen LogP contribution in [0.5, 0.6) is 0 Å². The summed E-state index contributed by atoms with van der Waals surface area (Å²) in [4.78, 5) is 139. The molecule has 2 aliphatic rings. The Morgan fingerprint density at radius 3 is 2.06 bits per heavy atom. The number of likely N-dealkylation sites (N-methyl/N-ethyl adjacent to an activating group) is 2. The first-order chi connectivity index (χ1) is 36.7. The third-order valence-corrected chi connectivity index (χ3v) is 15.9. The number of carboxylic acids is 1. The first kappa shape index (κ1) is 64.0. The lowest BCUT2D eigenvalue weighted by atomic mass is 9.91. The number of nitrogens with one attached hydrogen (secondary N) is 5. The Kier molecular flexibility index (Phi) is 24.1. The van der Waals surface area contributed by atoms with E-state index in [2.05, 4.69) is 31.6 Å². The lowest BCUT2D eigenvalue weighted by Crippen LogP contribution is -2.60. The molecule has 8 amide bonds. The van der Waals surface area contributed by atoms with E-state index in [1.54, 1.807) is 50.1 Å². The molecule has 21 nitrogen and oxygen atoms in total. The van der Waals surface area contributed by atoms with Gasteiger partial charge in [0.2, 0.25) is 29.5 Å². The Morgan fingerprint density at radius 1 is 0.846 bits per heavy atom. The fraction of sp³-hybridized carbons (Fsp3) is 0.625. The van der Waals surface area contributed by atoms with E-state index in [1.807, 2.05) is 46.6 Å². The van der Waals surface area contributed by atoms with E-state index < -0.39 is 77.4 Å². The van der Waals surface area contributed by atoms with Crippen LogP contribution in [0.15, 0.2) is 41.8 Å². The molecule has 4 rings (SSSR count).